The summed E-state index contributed by atoms with van der Waals surface area (Å²) in [5.74, 6) is 0.424. The molecule has 0 atom stereocenters. The van der Waals surface area contributed by atoms with Crippen molar-refractivity contribution in [3.05, 3.63) is 66.0 Å². The molecule has 1 aliphatic rings. The molecule has 0 radical (unpaired) electrons. The fraction of sp³-hybridized carbons (Fsp3) is 0.391. The lowest BCUT2D eigenvalue weighted by Gasteiger charge is -2.30. The number of nitrogens with zero attached hydrogens (tertiary/aromatic N) is 1. The number of amides is 2. The fourth-order valence-electron chi connectivity index (χ4n) is 3.42. The molecule has 1 fully saturated rings. The maximum atomic E-state index is 12.9. The van der Waals surface area contributed by atoms with Gasteiger partial charge < -0.3 is 15.4 Å². The van der Waals surface area contributed by atoms with E-state index in [1.54, 1.807) is 12.1 Å². The van der Waals surface area contributed by atoms with Crippen LogP contribution in [0.3, 0.4) is 0 Å². The Bertz CT molecular complexity index is 806. The summed E-state index contributed by atoms with van der Waals surface area (Å²) in [5.41, 5.74) is 0.870. The van der Waals surface area contributed by atoms with Gasteiger partial charge in [-0.1, -0.05) is 30.3 Å². The van der Waals surface area contributed by atoms with Gasteiger partial charge in [-0.3, -0.25) is 14.5 Å². The van der Waals surface area contributed by atoms with E-state index in [0.29, 0.717) is 39.3 Å². The summed E-state index contributed by atoms with van der Waals surface area (Å²) in [7, 11) is 0. The highest BCUT2D eigenvalue weighted by atomic mass is 19.1. The Kier molecular flexibility index (Phi) is 8.20. The molecule has 0 aromatic heterocycles. The molecule has 0 bridgehead atoms. The molecule has 1 heterocycles. The van der Waals surface area contributed by atoms with E-state index in [1.807, 2.05) is 30.3 Å². The van der Waals surface area contributed by atoms with Crippen LogP contribution in [0.1, 0.15) is 18.4 Å². The van der Waals surface area contributed by atoms with Crippen molar-refractivity contribution in [2.75, 3.05) is 32.8 Å². The smallest absolute Gasteiger partial charge is 0.234 e. The molecule has 3 rings (SSSR count). The summed E-state index contributed by atoms with van der Waals surface area (Å²) < 4.78 is 18.5. The zero-order chi connectivity index (χ0) is 21.2. The van der Waals surface area contributed by atoms with Crippen molar-refractivity contribution in [2.24, 2.45) is 5.92 Å². The predicted molar refractivity (Wildman–Crippen MR) is 112 cm³/mol. The number of carbonyl (C=O) groups excluding carboxylic acids is 2. The van der Waals surface area contributed by atoms with Gasteiger partial charge in [-0.15, -0.1) is 0 Å². The number of ether oxygens (including phenoxy) is 1. The molecule has 2 N–H and O–H groups in total. The maximum absolute atomic E-state index is 12.9. The monoisotopic (exact) mass is 413 g/mol. The largest absolute Gasteiger partial charge is 0.492 e. The molecule has 0 unspecified atom stereocenters. The SMILES string of the molecule is O=C(CN1CCC(C(=O)NCc2ccc(F)cc2)CC1)NCCOc1ccccc1. The number of carbonyl (C=O) groups is 2. The molecular weight excluding hydrogens is 385 g/mol. The van der Waals surface area contributed by atoms with Crippen LogP contribution in [0.4, 0.5) is 4.39 Å². The van der Waals surface area contributed by atoms with Crippen molar-refractivity contribution < 1.29 is 18.7 Å². The van der Waals surface area contributed by atoms with Crippen molar-refractivity contribution in [1.82, 2.24) is 15.5 Å². The van der Waals surface area contributed by atoms with Crippen molar-refractivity contribution in [1.29, 1.82) is 0 Å². The van der Waals surface area contributed by atoms with Crippen LogP contribution < -0.4 is 15.4 Å². The number of likely N-dealkylation sites (tertiary alicyclic amines) is 1. The number of para-hydroxylation sites is 1. The Labute approximate surface area is 176 Å². The van der Waals surface area contributed by atoms with E-state index in [1.165, 1.54) is 12.1 Å². The zero-order valence-electron chi connectivity index (χ0n) is 17.0. The summed E-state index contributed by atoms with van der Waals surface area (Å²) in [6.07, 6.45) is 1.44. The summed E-state index contributed by atoms with van der Waals surface area (Å²) >= 11 is 0. The minimum Gasteiger partial charge on any atom is -0.492 e. The summed E-state index contributed by atoms with van der Waals surface area (Å²) in [4.78, 5) is 26.5. The highest BCUT2D eigenvalue weighted by Crippen LogP contribution is 2.17. The van der Waals surface area contributed by atoms with Crippen LogP contribution in [0, 0.1) is 11.7 Å². The van der Waals surface area contributed by atoms with Gasteiger partial charge in [0.15, 0.2) is 0 Å². The summed E-state index contributed by atoms with van der Waals surface area (Å²) in [5, 5.41) is 5.78. The third kappa shape index (κ3) is 7.15. The Hall–Kier alpha value is -2.93. The lowest BCUT2D eigenvalue weighted by atomic mass is 9.96. The van der Waals surface area contributed by atoms with Gasteiger partial charge in [-0.05, 0) is 55.8 Å². The number of halogens is 1. The quantitative estimate of drug-likeness (QED) is 0.619. The Morgan fingerprint density at radius 2 is 1.70 bits per heavy atom. The van der Waals surface area contributed by atoms with Gasteiger partial charge >= 0.3 is 0 Å². The number of hydrogen-bond donors (Lipinski definition) is 2. The Morgan fingerprint density at radius 1 is 1.00 bits per heavy atom. The third-order valence-corrected chi connectivity index (χ3v) is 5.14. The lowest BCUT2D eigenvalue weighted by molar-refractivity contribution is -0.127. The average molecular weight is 413 g/mol. The van der Waals surface area contributed by atoms with Gasteiger partial charge in [0.2, 0.25) is 11.8 Å². The highest BCUT2D eigenvalue weighted by Gasteiger charge is 2.25. The van der Waals surface area contributed by atoms with Crippen molar-refractivity contribution in [2.45, 2.75) is 19.4 Å². The van der Waals surface area contributed by atoms with Crippen LogP contribution in [-0.4, -0.2) is 49.5 Å². The minimum atomic E-state index is -0.287. The van der Waals surface area contributed by atoms with Crippen molar-refractivity contribution in [3.63, 3.8) is 0 Å². The van der Waals surface area contributed by atoms with Crippen LogP contribution in [0.25, 0.3) is 0 Å². The van der Waals surface area contributed by atoms with Gasteiger partial charge in [0, 0.05) is 12.5 Å². The van der Waals surface area contributed by atoms with E-state index in [-0.39, 0.29) is 23.5 Å². The molecule has 1 aliphatic heterocycles. The molecule has 7 heteroatoms. The first-order valence-corrected chi connectivity index (χ1v) is 10.3. The predicted octanol–water partition coefficient (Wildman–Crippen LogP) is 2.35. The van der Waals surface area contributed by atoms with Gasteiger partial charge in [0.05, 0.1) is 13.1 Å². The number of hydrogen-bond acceptors (Lipinski definition) is 4. The van der Waals surface area contributed by atoms with Gasteiger partial charge in [0.25, 0.3) is 0 Å². The molecule has 0 saturated carbocycles. The molecule has 1 saturated heterocycles. The standard InChI is InChI=1S/C23H28FN3O3/c24-20-8-6-18(7-9-20)16-26-23(29)19-10-13-27(14-11-19)17-22(28)25-12-15-30-21-4-2-1-3-5-21/h1-9,19H,10-17H2,(H,25,28)(H,26,29). The van der Waals surface area contributed by atoms with E-state index in [4.69, 9.17) is 4.74 Å². The van der Waals surface area contributed by atoms with Gasteiger partial charge in [-0.25, -0.2) is 4.39 Å². The lowest BCUT2D eigenvalue weighted by Crippen LogP contribution is -2.44. The van der Waals surface area contributed by atoms with Gasteiger partial charge in [-0.2, -0.15) is 0 Å². The second-order valence-corrected chi connectivity index (χ2v) is 7.41. The van der Waals surface area contributed by atoms with Crippen LogP contribution in [-0.2, 0) is 16.1 Å². The van der Waals surface area contributed by atoms with E-state index in [2.05, 4.69) is 15.5 Å². The van der Waals surface area contributed by atoms with Gasteiger partial charge in [0.1, 0.15) is 18.2 Å². The first kappa shape index (κ1) is 21.8. The summed E-state index contributed by atoms with van der Waals surface area (Å²) in [6.45, 7) is 3.02. The molecule has 0 aliphatic carbocycles. The number of piperidine rings is 1. The fourth-order valence-corrected chi connectivity index (χ4v) is 3.42. The van der Waals surface area contributed by atoms with E-state index >= 15 is 0 Å². The molecule has 160 valence electrons. The second-order valence-electron chi connectivity index (χ2n) is 7.41. The summed E-state index contributed by atoms with van der Waals surface area (Å²) in [6, 6.07) is 15.6. The molecule has 30 heavy (non-hydrogen) atoms. The second kappa shape index (κ2) is 11.3. The normalized spacial score (nSPS) is 14.8. The van der Waals surface area contributed by atoms with Crippen molar-refractivity contribution in [3.8, 4) is 5.75 Å². The first-order chi connectivity index (χ1) is 14.6. The van der Waals surface area contributed by atoms with Crippen molar-refractivity contribution >= 4 is 11.8 Å². The molecule has 0 spiro atoms. The van der Waals surface area contributed by atoms with Crippen LogP contribution in [0.15, 0.2) is 54.6 Å². The van der Waals surface area contributed by atoms with E-state index in [9.17, 15) is 14.0 Å². The highest BCUT2D eigenvalue weighted by molar-refractivity contribution is 5.79. The van der Waals surface area contributed by atoms with Crippen LogP contribution >= 0.6 is 0 Å². The molecule has 6 nitrogen and oxygen atoms in total. The first-order valence-electron chi connectivity index (χ1n) is 10.3. The molecule has 2 aromatic rings. The van der Waals surface area contributed by atoms with Crippen LogP contribution in [0.5, 0.6) is 5.75 Å². The Morgan fingerprint density at radius 3 is 2.40 bits per heavy atom. The number of rotatable bonds is 9. The molecular formula is C23H28FN3O3. The van der Waals surface area contributed by atoms with E-state index in [0.717, 1.165) is 24.2 Å². The number of benzene rings is 2. The van der Waals surface area contributed by atoms with Crippen LogP contribution in [0.2, 0.25) is 0 Å². The zero-order valence-corrected chi connectivity index (χ0v) is 17.0. The third-order valence-electron chi connectivity index (χ3n) is 5.14. The minimum absolute atomic E-state index is 0.0153. The maximum Gasteiger partial charge on any atom is 0.234 e. The number of nitrogens with one attached hydrogen (secondary N) is 2. The molecule has 2 amide bonds. The Balaban J connectivity index is 1.28. The topological polar surface area (TPSA) is 70.7 Å². The molecule has 2 aromatic carbocycles. The average Bonchev–Trinajstić information content (AvgIpc) is 2.77. The van der Waals surface area contributed by atoms with E-state index < -0.39 is 0 Å².